The molecule has 0 bridgehead atoms. The number of methoxy groups -OCH3 is 1. The van der Waals surface area contributed by atoms with Crippen molar-refractivity contribution in [2.45, 2.75) is 13.3 Å². The molecule has 0 spiro atoms. The van der Waals surface area contributed by atoms with Crippen molar-refractivity contribution in [1.82, 2.24) is 9.66 Å². The maximum atomic E-state index is 13.0. The van der Waals surface area contributed by atoms with E-state index in [-0.39, 0.29) is 29.4 Å². The average Bonchev–Trinajstić information content (AvgIpc) is 2.76. The lowest BCUT2D eigenvalue weighted by molar-refractivity contribution is -0.385. The molecule has 3 rings (SSSR count). The molecule has 0 aliphatic rings. The lowest BCUT2D eigenvalue weighted by Crippen LogP contribution is -2.22. The van der Waals surface area contributed by atoms with Crippen LogP contribution in [-0.2, 0) is 6.42 Å². The van der Waals surface area contributed by atoms with E-state index in [1.165, 1.54) is 36.2 Å². The van der Waals surface area contributed by atoms with E-state index < -0.39 is 4.92 Å². The highest BCUT2D eigenvalue weighted by atomic mass is 79.9. The Morgan fingerprint density at radius 1 is 1.35 bits per heavy atom. The lowest BCUT2D eigenvalue weighted by atomic mass is 10.2. The minimum atomic E-state index is -0.572. The highest BCUT2D eigenvalue weighted by Gasteiger charge is 2.22. The fraction of sp³-hybridized carbons (Fsp3) is 0.190. The predicted octanol–water partition coefficient (Wildman–Crippen LogP) is 4.09. The number of aryl methyl sites for hydroxylation is 1. The van der Waals surface area contributed by atoms with Gasteiger partial charge < -0.3 is 9.47 Å². The first kappa shape index (κ1) is 22.2. The van der Waals surface area contributed by atoms with Gasteiger partial charge in [-0.3, -0.25) is 14.9 Å². The number of aromatic nitrogens is 2. The monoisotopic (exact) mass is 486 g/mol. The van der Waals surface area contributed by atoms with E-state index in [2.05, 4.69) is 32.6 Å². The fourth-order valence-corrected chi connectivity index (χ4v) is 3.29. The van der Waals surface area contributed by atoms with E-state index >= 15 is 0 Å². The maximum absolute atomic E-state index is 13.0. The number of rotatable bonds is 8. The molecule has 1 heterocycles. The number of fused-ring (bicyclic) bond motifs is 1. The van der Waals surface area contributed by atoms with Crippen molar-refractivity contribution in [3.63, 3.8) is 0 Å². The van der Waals surface area contributed by atoms with Crippen LogP contribution in [0, 0.1) is 10.1 Å². The summed E-state index contributed by atoms with van der Waals surface area (Å²) in [6.45, 7) is 5.48. The summed E-state index contributed by atoms with van der Waals surface area (Å²) < 4.78 is 12.6. The van der Waals surface area contributed by atoms with Crippen LogP contribution in [0.3, 0.4) is 0 Å². The smallest absolute Gasteiger partial charge is 0.315 e. The molecule has 160 valence electrons. The van der Waals surface area contributed by atoms with Gasteiger partial charge in [-0.1, -0.05) is 35.5 Å². The summed E-state index contributed by atoms with van der Waals surface area (Å²) >= 11 is 3.35. The van der Waals surface area contributed by atoms with Crippen molar-refractivity contribution in [2.24, 2.45) is 5.10 Å². The third-order valence-corrected chi connectivity index (χ3v) is 4.83. The summed E-state index contributed by atoms with van der Waals surface area (Å²) in [7, 11) is 1.38. The second-order valence-corrected chi connectivity index (χ2v) is 7.25. The van der Waals surface area contributed by atoms with Crippen LogP contribution in [0.2, 0.25) is 0 Å². The SMILES string of the molecule is C=CCOc1c(OC)cc(C=Nn2c(CC)nc3ccc(Br)cc3c2=O)cc1[N+](=O)[O-]. The van der Waals surface area contributed by atoms with Gasteiger partial charge in [0.2, 0.25) is 5.75 Å². The number of hydrogen-bond donors (Lipinski definition) is 0. The summed E-state index contributed by atoms with van der Waals surface area (Å²) in [6.07, 6.45) is 3.29. The number of nitro groups is 1. The van der Waals surface area contributed by atoms with Crippen LogP contribution in [-0.4, -0.2) is 34.5 Å². The highest BCUT2D eigenvalue weighted by Crippen LogP contribution is 2.38. The number of hydrogen-bond acceptors (Lipinski definition) is 7. The Morgan fingerprint density at radius 2 is 2.13 bits per heavy atom. The third-order valence-electron chi connectivity index (χ3n) is 4.33. The van der Waals surface area contributed by atoms with Crippen molar-refractivity contribution < 1.29 is 14.4 Å². The Balaban J connectivity index is 2.13. The molecule has 1 aromatic heterocycles. The van der Waals surface area contributed by atoms with E-state index in [1.54, 1.807) is 12.1 Å². The lowest BCUT2D eigenvalue weighted by Gasteiger charge is -2.11. The Kier molecular flexibility index (Phi) is 6.81. The number of nitrogens with zero attached hydrogens (tertiary/aromatic N) is 4. The minimum absolute atomic E-state index is 0.00631. The molecule has 0 atom stereocenters. The van der Waals surface area contributed by atoms with Gasteiger partial charge in [0.05, 0.1) is 29.2 Å². The van der Waals surface area contributed by atoms with Gasteiger partial charge in [0.25, 0.3) is 5.56 Å². The van der Waals surface area contributed by atoms with E-state index in [4.69, 9.17) is 9.47 Å². The van der Waals surface area contributed by atoms with Gasteiger partial charge in [0.1, 0.15) is 12.4 Å². The molecule has 0 aliphatic carbocycles. The summed E-state index contributed by atoms with van der Waals surface area (Å²) in [5.74, 6) is 0.623. The van der Waals surface area contributed by atoms with E-state index in [1.807, 2.05) is 13.0 Å². The second-order valence-electron chi connectivity index (χ2n) is 6.33. The molecule has 0 aliphatic heterocycles. The molecule has 0 N–H and O–H groups in total. The molecular formula is C21H19BrN4O5. The zero-order valence-corrected chi connectivity index (χ0v) is 18.5. The molecule has 9 nitrogen and oxygen atoms in total. The molecule has 0 amide bonds. The first-order chi connectivity index (χ1) is 14.9. The van der Waals surface area contributed by atoms with Gasteiger partial charge in [-0.2, -0.15) is 9.78 Å². The molecule has 0 saturated heterocycles. The molecule has 0 saturated carbocycles. The average molecular weight is 487 g/mol. The number of nitro benzene ring substituents is 1. The van der Waals surface area contributed by atoms with Crippen molar-refractivity contribution in [1.29, 1.82) is 0 Å². The van der Waals surface area contributed by atoms with Crippen molar-refractivity contribution in [3.05, 3.63) is 79.3 Å². The first-order valence-corrected chi connectivity index (χ1v) is 10.0. The van der Waals surface area contributed by atoms with E-state index in [0.29, 0.717) is 28.7 Å². The first-order valence-electron chi connectivity index (χ1n) is 9.25. The van der Waals surface area contributed by atoms with Crippen LogP contribution in [0.1, 0.15) is 18.3 Å². The van der Waals surface area contributed by atoms with Crippen LogP contribution in [0.5, 0.6) is 11.5 Å². The van der Waals surface area contributed by atoms with Crippen LogP contribution in [0.4, 0.5) is 5.69 Å². The number of benzene rings is 2. The van der Waals surface area contributed by atoms with Gasteiger partial charge in [-0.25, -0.2) is 4.98 Å². The molecule has 0 fully saturated rings. The molecule has 2 aromatic carbocycles. The summed E-state index contributed by atoms with van der Waals surface area (Å²) in [5.41, 5.74) is 0.299. The largest absolute Gasteiger partial charge is 0.493 e. The molecule has 0 radical (unpaired) electrons. The zero-order chi connectivity index (χ0) is 22.5. The number of ether oxygens (including phenoxy) is 2. The molecule has 31 heavy (non-hydrogen) atoms. The van der Waals surface area contributed by atoms with Crippen LogP contribution >= 0.6 is 15.9 Å². The van der Waals surface area contributed by atoms with E-state index in [9.17, 15) is 14.9 Å². The molecule has 3 aromatic rings. The van der Waals surface area contributed by atoms with Crippen LogP contribution in [0.15, 0.2) is 57.4 Å². The van der Waals surface area contributed by atoms with E-state index in [0.717, 1.165) is 4.47 Å². The second kappa shape index (κ2) is 9.52. The zero-order valence-electron chi connectivity index (χ0n) is 16.9. The predicted molar refractivity (Wildman–Crippen MR) is 121 cm³/mol. The Labute approximate surface area is 185 Å². The van der Waals surface area contributed by atoms with Gasteiger partial charge in [0.15, 0.2) is 5.75 Å². The standard InChI is InChI=1S/C21H19BrN4O5/c1-4-8-31-20-17(26(28)29)9-13(10-18(20)30-3)12-23-25-19(5-2)24-16-7-6-14(22)11-15(16)21(25)27/h4,6-7,9-12H,1,5,8H2,2-3H3. The van der Waals surface area contributed by atoms with Gasteiger partial charge in [0, 0.05) is 22.5 Å². The maximum Gasteiger partial charge on any atom is 0.315 e. The van der Waals surface area contributed by atoms with Crippen molar-refractivity contribution in [2.75, 3.05) is 13.7 Å². The Hall–Kier alpha value is -3.53. The minimum Gasteiger partial charge on any atom is -0.493 e. The quantitative estimate of drug-likeness (QED) is 0.205. The molecular weight excluding hydrogens is 468 g/mol. The Bertz CT molecular complexity index is 1250. The fourth-order valence-electron chi connectivity index (χ4n) is 2.92. The topological polar surface area (TPSA) is 109 Å². The van der Waals surface area contributed by atoms with Gasteiger partial charge in [-0.05, 0) is 24.3 Å². The third kappa shape index (κ3) is 4.64. The van der Waals surface area contributed by atoms with Gasteiger partial charge >= 0.3 is 5.69 Å². The molecule has 0 unspecified atom stereocenters. The van der Waals surface area contributed by atoms with Crippen LogP contribution in [0.25, 0.3) is 10.9 Å². The summed E-state index contributed by atoms with van der Waals surface area (Å²) in [4.78, 5) is 28.4. The Morgan fingerprint density at radius 3 is 2.77 bits per heavy atom. The number of halogens is 1. The van der Waals surface area contributed by atoms with Crippen molar-refractivity contribution >= 4 is 38.7 Å². The van der Waals surface area contributed by atoms with Crippen molar-refractivity contribution in [3.8, 4) is 11.5 Å². The summed E-state index contributed by atoms with van der Waals surface area (Å²) in [6, 6.07) is 8.08. The van der Waals surface area contributed by atoms with Crippen LogP contribution < -0.4 is 15.0 Å². The normalized spacial score (nSPS) is 11.1. The van der Waals surface area contributed by atoms with Gasteiger partial charge in [-0.15, -0.1) is 0 Å². The summed E-state index contributed by atoms with van der Waals surface area (Å²) in [5, 5.41) is 16.2. The molecule has 10 heteroatoms. The highest BCUT2D eigenvalue weighted by molar-refractivity contribution is 9.10.